The Hall–Kier alpha value is -1.03. The van der Waals surface area contributed by atoms with Crippen LogP contribution in [0.15, 0.2) is 47.4 Å². The van der Waals surface area contributed by atoms with E-state index in [1.807, 2.05) is 0 Å². The summed E-state index contributed by atoms with van der Waals surface area (Å²) < 4.78 is 0. The van der Waals surface area contributed by atoms with E-state index in [-0.39, 0.29) is 6.10 Å². The van der Waals surface area contributed by atoms with E-state index in [2.05, 4.69) is 54.7 Å². The lowest BCUT2D eigenvalue weighted by atomic mass is 10.1. The summed E-state index contributed by atoms with van der Waals surface area (Å²) in [5.74, 6) is 0.731. The van der Waals surface area contributed by atoms with Gasteiger partial charge in [-0.1, -0.05) is 37.3 Å². The van der Waals surface area contributed by atoms with Crippen LogP contribution in [0.4, 0.5) is 0 Å². The summed E-state index contributed by atoms with van der Waals surface area (Å²) >= 11 is 1.71. The Balaban J connectivity index is 1.87. The fourth-order valence-electron chi connectivity index (χ4n) is 1.95. The second kappa shape index (κ2) is 7.53. The van der Waals surface area contributed by atoms with Gasteiger partial charge in [-0.3, -0.25) is 0 Å². The van der Waals surface area contributed by atoms with Crippen molar-refractivity contribution in [3.05, 3.63) is 42.5 Å². The van der Waals surface area contributed by atoms with E-state index < -0.39 is 0 Å². The minimum atomic E-state index is -0.289. The SMILES string of the molecule is CCCNCC(O)CSc1ccc2ccccc2c1. The molecule has 1 unspecified atom stereocenters. The molecule has 2 nitrogen and oxygen atoms in total. The average molecular weight is 275 g/mol. The molecule has 0 heterocycles. The first kappa shape index (κ1) is 14.4. The number of rotatable bonds is 7. The van der Waals surface area contributed by atoms with Gasteiger partial charge >= 0.3 is 0 Å². The smallest absolute Gasteiger partial charge is 0.0758 e. The van der Waals surface area contributed by atoms with Crippen molar-refractivity contribution in [1.29, 1.82) is 0 Å². The molecular weight excluding hydrogens is 254 g/mol. The van der Waals surface area contributed by atoms with E-state index in [4.69, 9.17) is 0 Å². The van der Waals surface area contributed by atoms with Crippen molar-refractivity contribution in [3.63, 3.8) is 0 Å². The molecule has 2 N–H and O–H groups in total. The molecular formula is C16H21NOS. The van der Waals surface area contributed by atoms with Crippen LogP contribution >= 0.6 is 11.8 Å². The minimum Gasteiger partial charge on any atom is -0.391 e. The van der Waals surface area contributed by atoms with Crippen LogP contribution in [0.5, 0.6) is 0 Å². The van der Waals surface area contributed by atoms with E-state index in [0.29, 0.717) is 6.54 Å². The van der Waals surface area contributed by atoms with Gasteiger partial charge < -0.3 is 10.4 Å². The number of nitrogens with one attached hydrogen (secondary N) is 1. The maximum absolute atomic E-state index is 9.87. The fourth-order valence-corrected chi connectivity index (χ4v) is 2.83. The van der Waals surface area contributed by atoms with Gasteiger partial charge in [0, 0.05) is 17.2 Å². The standard InChI is InChI=1S/C16H21NOS/c1-2-9-17-11-15(18)12-19-16-8-7-13-5-3-4-6-14(13)10-16/h3-8,10,15,17-18H,2,9,11-12H2,1H3. The topological polar surface area (TPSA) is 32.3 Å². The van der Waals surface area contributed by atoms with E-state index in [1.165, 1.54) is 15.7 Å². The van der Waals surface area contributed by atoms with Crippen LogP contribution in [-0.2, 0) is 0 Å². The largest absolute Gasteiger partial charge is 0.391 e. The van der Waals surface area contributed by atoms with Crippen LogP contribution in [0, 0.1) is 0 Å². The van der Waals surface area contributed by atoms with Gasteiger partial charge in [-0.05, 0) is 35.9 Å². The van der Waals surface area contributed by atoms with Gasteiger partial charge in [0.05, 0.1) is 6.10 Å². The molecule has 0 fully saturated rings. The van der Waals surface area contributed by atoms with Crippen molar-refractivity contribution in [2.75, 3.05) is 18.8 Å². The van der Waals surface area contributed by atoms with Crippen molar-refractivity contribution >= 4 is 22.5 Å². The molecule has 2 rings (SSSR count). The summed E-state index contributed by atoms with van der Waals surface area (Å²) in [6.45, 7) is 3.77. The maximum Gasteiger partial charge on any atom is 0.0758 e. The molecule has 2 aromatic rings. The monoisotopic (exact) mass is 275 g/mol. The van der Waals surface area contributed by atoms with Gasteiger partial charge in [-0.2, -0.15) is 0 Å². The molecule has 3 heteroatoms. The zero-order valence-electron chi connectivity index (χ0n) is 11.3. The molecule has 0 aliphatic rings. The van der Waals surface area contributed by atoms with Crippen molar-refractivity contribution < 1.29 is 5.11 Å². The number of aliphatic hydroxyl groups is 1. The zero-order valence-corrected chi connectivity index (χ0v) is 12.1. The highest BCUT2D eigenvalue weighted by Crippen LogP contribution is 2.23. The van der Waals surface area contributed by atoms with Crippen LogP contribution in [0.25, 0.3) is 10.8 Å². The normalized spacial score (nSPS) is 12.7. The summed E-state index contributed by atoms with van der Waals surface area (Å²) in [6.07, 6.45) is 0.813. The third kappa shape index (κ3) is 4.53. The van der Waals surface area contributed by atoms with Crippen LogP contribution in [0.3, 0.4) is 0 Å². The highest BCUT2D eigenvalue weighted by molar-refractivity contribution is 7.99. The lowest BCUT2D eigenvalue weighted by molar-refractivity contribution is 0.196. The summed E-state index contributed by atoms with van der Waals surface area (Å²) in [4.78, 5) is 1.22. The summed E-state index contributed by atoms with van der Waals surface area (Å²) in [7, 11) is 0. The van der Waals surface area contributed by atoms with E-state index in [1.54, 1.807) is 11.8 Å². The Bertz CT molecular complexity index is 515. The number of aliphatic hydroxyl groups excluding tert-OH is 1. The van der Waals surface area contributed by atoms with E-state index in [9.17, 15) is 5.11 Å². The highest BCUT2D eigenvalue weighted by atomic mass is 32.2. The summed E-state index contributed by atoms with van der Waals surface area (Å²) in [5.41, 5.74) is 0. The fraction of sp³-hybridized carbons (Fsp3) is 0.375. The van der Waals surface area contributed by atoms with Crippen molar-refractivity contribution in [2.24, 2.45) is 0 Å². The first-order chi connectivity index (χ1) is 9.29. The molecule has 0 aliphatic carbocycles. The lowest BCUT2D eigenvalue weighted by Gasteiger charge is -2.11. The molecule has 0 bridgehead atoms. The molecule has 2 aromatic carbocycles. The number of fused-ring (bicyclic) bond motifs is 1. The first-order valence-electron chi connectivity index (χ1n) is 6.80. The Morgan fingerprint density at radius 3 is 2.74 bits per heavy atom. The van der Waals surface area contributed by atoms with E-state index in [0.717, 1.165) is 18.7 Å². The predicted molar refractivity (Wildman–Crippen MR) is 83.8 cm³/mol. The third-order valence-corrected chi connectivity index (χ3v) is 4.11. The third-order valence-electron chi connectivity index (χ3n) is 2.97. The summed E-state index contributed by atoms with van der Waals surface area (Å²) in [6, 6.07) is 14.8. The van der Waals surface area contributed by atoms with Crippen molar-refractivity contribution in [1.82, 2.24) is 5.32 Å². The average Bonchev–Trinajstić information content (AvgIpc) is 2.45. The van der Waals surface area contributed by atoms with Crippen molar-refractivity contribution in [3.8, 4) is 0 Å². The molecule has 0 saturated carbocycles. The van der Waals surface area contributed by atoms with Gasteiger partial charge in [0.1, 0.15) is 0 Å². The Morgan fingerprint density at radius 2 is 1.95 bits per heavy atom. The van der Waals surface area contributed by atoms with Gasteiger partial charge in [-0.25, -0.2) is 0 Å². The van der Waals surface area contributed by atoms with Crippen LogP contribution < -0.4 is 5.32 Å². The van der Waals surface area contributed by atoms with Crippen LogP contribution in [-0.4, -0.2) is 30.1 Å². The molecule has 0 saturated heterocycles. The lowest BCUT2D eigenvalue weighted by Crippen LogP contribution is -2.28. The second-order valence-corrected chi connectivity index (χ2v) is 5.77. The first-order valence-corrected chi connectivity index (χ1v) is 7.78. The zero-order chi connectivity index (χ0) is 13.5. The number of hydrogen-bond donors (Lipinski definition) is 2. The van der Waals surface area contributed by atoms with Crippen LogP contribution in [0.2, 0.25) is 0 Å². The number of thioether (sulfide) groups is 1. The molecule has 0 aliphatic heterocycles. The quantitative estimate of drug-likeness (QED) is 0.601. The second-order valence-electron chi connectivity index (χ2n) is 4.68. The van der Waals surface area contributed by atoms with Gasteiger partial charge in [0.25, 0.3) is 0 Å². The minimum absolute atomic E-state index is 0.289. The number of benzene rings is 2. The number of hydrogen-bond acceptors (Lipinski definition) is 3. The molecule has 0 aromatic heterocycles. The molecule has 0 spiro atoms. The summed E-state index contributed by atoms with van der Waals surface area (Å²) in [5, 5.41) is 15.6. The van der Waals surface area contributed by atoms with Gasteiger partial charge in [0.15, 0.2) is 0 Å². The molecule has 0 amide bonds. The molecule has 102 valence electrons. The molecule has 1 atom stereocenters. The Labute approximate surface area is 119 Å². The Morgan fingerprint density at radius 1 is 1.16 bits per heavy atom. The molecule has 19 heavy (non-hydrogen) atoms. The van der Waals surface area contributed by atoms with Crippen molar-refractivity contribution in [2.45, 2.75) is 24.3 Å². The van der Waals surface area contributed by atoms with E-state index >= 15 is 0 Å². The Kier molecular flexibility index (Phi) is 5.70. The molecule has 0 radical (unpaired) electrons. The highest BCUT2D eigenvalue weighted by Gasteiger charge is 2.04. The van der Waals surface area contributed by atoms with Gasteiger partial charge in [-0.15, -0.1) is 11.8 Å². The predicted octanol–water partition coefficient (Wildman–Crippen LogP) is 3.29. The maximum atomic E-state index is 9.87. The van der Waals surface area contributed by atoms with Gasteiger partial charge in [0.2, 0.25) is 0 Å². The van der Waals surface area contributed by atoms with Crippen LogP contribution in [0.1, 0.15) is 13.3 Å².